The molecule has 21 heavy (non-hydrogen) atoms. The molecule has 0 radical (unpaired) electrons. The minimum absolute atomic E-state index is 0.199. The monoisotopic (exact) mass is 289 g/mol. The Morgan fingerprint density at radius 2 is 1.81 bits per heavy atom. The van der Waals surface area contributed by atoms with Crippen molar-refractivity contribution in [3.63, 3.8) is 0 Å². The molecule has 1 aliphatic rings. The number of ether oxygens (including phenoxy) is 1. The molecule has 0 aliphatic heterocycles. The fourth-order valence-corrected chi connectivity index (χ4v) is 3.16. The van der Waals surface area contributed by atoms with Gasteiger partial charge in [0.15, 0.2) is 0 Å². The fourth-order valence-electron chi connectivity index (χ4n) is 3.16. The van der Waals surface area contributed by atoms with Gasteiger partial charge in [-0.25, -0.2) is 0 Å². The third-order valence-electron chi connectivity index (χ3n) is 4.53. The van der Waals surface area contributed by atoms with Crippen molar-refractivity contribution in [2.75, 3.05) is 6.54 Å². The first-order valence-electron chi connectivity index (χ1n) is 8.40. The molecule has 1 saturated carbocycles. The largest absolute Gasteiger partial charge is 0.489 e. The lowest BCUT2D eigenvalue weighted by molar-refractivity contribution is 0.0916. The average Bonchev–Trinajstić information content (AvgIpc) is 2.42. The van der Waals surface area contributed by atoms with Crippen LogP contribution in [0.3, 0.4) is 0 Å². The van der Waals surface area contributed by atoms with Crippen molar-refractivity contribution in [3.05, 3.63) is 29.8 Å². The number of benzene rings is 1. The quantitative estimate of drug-likeness (QED) is 0.879. The first-order chi connectivity index (χ1) is 9.90. The molecule has 0 heterocycles. The van der Waals surface area contributed by atoms with Crippen molar-refractivity contribution in [1.82, 2.24) is 5.32 Å². The van der Waals surface area contributed by atoms with E-state index in [1.807, 2.05) is 0 Å². The molecule has 0 aromatic heterocycles. The molecule has 1 aromatic rings. The van der Waals surface area contributed by atoms with E-state index in [-0.39, 0.29) is 5.41 Å². The average molecular weight is 289 g/mol. The van der Waals surface area contributed by atoms with Crippen LogP contribution in [0.15, 0.2) is 24.3 Å². The summed E-state index contributed by atoms with van der Waals surface area (Å²) in [6.07, 6.45) is 3.98. The molecular weight excluding hydrogens is 258 g/mol. The summed E-state index contributed by atoms with van der Waals surface area (Å²) in [7, 11) is 0. The standard InChI is InChI=1S/C19H31NO/c1-6-20-17-12-7-14(2)13-18(17)21-16-10-8-15(9-11-16)19(3,4)5/h8-11,14,17-18,20H,6-7,12-13H2,1-5H3. The van der Waals surface area contributed by atoms with Crippen LogP contribution in [-0.2, 0) is 5.41 Å². The molecule has 2 rings (SSSR count). The summed E-state index contributed by atoms with van der Waals surface area (Å²) in [5.41, 5.74) is 1.56. The van der Waals surface area contributed by atoms with Gasteiger partial charge in [0, 0.05) is 6.04 Å². The highest BCUT2D eigenvalue weighted by atomic mass is 16.5. The number of hydrogen-bond donors (Lipinski definition) is 1. The van der Waals surface area contributed by atoms with E-state index in [2.05, 4.69) is 64.2 Å². The lowest BCUT2D eigenvalue weighted by atomic mass is 9.85. The van der Waals surface area contributed by atoms with E-state index >= 15 is 0 Å². The third-order valence-corrected chi connectivity index (χ3v) is 4.53. The van der Waals surface area contributed by atoms with Crippen molar-refractivity contribution in [1.29, 1.82) is 0 Å². The lowest BCUT2D eigenvalue weighted by Gasteiger charge is -2.35. The Kier molecular flexibility index (Phi) is 5.32. The molecule has 3 unspecified atom stereocenters. The number of nitrogens with one attached hydrogen (secondary N) is 1. The van der Waals surface area contributed by atoms with Crippen LogP contribution in [0, 0.1) is 5.92 Å². The SMILES string of the molecule is CCNC1CCC(C)CC1Oc1ccc(C(C)(C)C)cc1. The minimum Gasteiger partial charge on any atom is -0.489 e. The van der Waals surface area contributed by atoms with Gasteiger partial charge in [-0.1, -0.05) is 46.8 Å². The van der Waals surface area contributed by atoms with Crippen molar-refractivity contribution < 1.29 is 4.74 Å². The number of rotatable bonds is 4. The molecule has 1 fully saturated rings. The van der Waals surface area contributed by atoms with Crippen molar-refractivity contribution in [2.45, 2.75) is 71.4 Å². The zero-order chi connectivity index (χ0) is 15.5. The summed E-state index contributed by atoms with van der Waals surface area (Å²) in [5.74, 6) is 1.77. The molecule has 0 bridgehead atoms. The second kappa shape index (κ2) is 6.83. The van der Waals surface area contributed by atoms with Crippen LogP contribution in [0.25, 0.3) is 0 Å². The van der Waals surface area contributed by atoms with Crippen LogP contribution in [0.5, 0.6) is 5.75 Å². The van der Waals surface area contributed by atoms with E-state index in [9.17, 15) is 0 Å². The van der Waals surface area contributed by atoms with Gasteiger partial charge in [-0.05, 0) is 54.8 Å². The van der Waals surface area contributed by atoms with E-state index in [0.717, 1.165) is 24.6 Å². The van der Waals surface area contributed by atoms with Crippen LogP contribution in [0.1, 0.15) is 59.4 Å². The Bertz CT molecular complexity index is 432. The zero-order valence-corrected chi connectivity index (χ0v) is 14.3. The van der Waals surface area contributed by atoms with E-state index < -0.39 is 0 Å². The minimum atomic E-state index is 0.199. The van der Waals surface area contributed by atoms with Crippen LogP contribution < -0.4 is 10.1 Å². The summed E-state index contributed by atoms with van der Waals surface area (Å²) >= 11 is 0. The van der Waals surface area contributed by atoms with E-state index in [1.165, 1.54) is 18.4 Å². The Morgan fingerprint density at radius 1 is 1.14 bits per heavy atom. The van der Waals surface area contributed by atoms with Gasteiger partial charge in [-0.3, -0.25) is 0 Å². The predicted molar refractivity (Wildman–Crippen MR) is 90.0 cm³/mol. The number of hydrogen-bond acceptors (Lipinski definition) is 2. The molecule has 2 nitrogen and oxygen atoms in total. The second-order valence-electron chi connectivity index (χ2n) is 7.51. The van der Waals surface area contributed by atoms with Gasteiger partial charge in [0.05, 0.1) is 0 Å². The zero-order valence-electron chi connectivity index (χ0n) is 14.3. The molecule has 1 aromatic carbocycles. The van der Waals surface area contributed by atoms with Gasteiger partial charge in [0.25, 0.3) is 0 Å². The van der Waals surface area contributed by atoms with Crippen molar-refractivity contribution in [3.8, 4) is 5.75 Å². The highest BCUT2D eigenvalue weighted by Gasteiger charge is 2.29. The third kappa shape index (κ3) is 4.47. The maximum absolute atomic E-state index is 6.30. The van der Waals surface area contributed by atoms with E-state index in [0.29, 0.717) is 12.1 Å². The molecule has 1 N–H and O–H groups in total. The Labute approximate surface area is 130 Å². The molecule has 2 heteroatoms. The molecule has 1 aliphatic carbocycles. The predicted octanol–water partition coefficient (Wildman–Crippen LogP) is 4.53. The summed E-state index contributed by atoms with van der Waals surface area (Å²) in [5, 5.41) is 3.59. The summed E-state index contributed by atoms with van der Waals surface area (Å²) in [6.45, 7) is 12.3. The van der Waals surface area contributed by atoms with Crippen LogP contribution >= 0.6 is 0 Å². The highest BCUT2D eigenvalue weighted by molar-refractivity contribution is 5.31. The van der Waals surface area contributed by atoms with E-state index in [4.69, 9.17) is 4.74 Å². The normalized spacial score (nSPS) is 26.6. The van der Waals surface area contributed by atoms with E-state index in [1.54, 1.807) is 0 Å². The maximum atomic E-state index is 6.30. The van der Waals surface area contributed by atoms with Crippen LogP contribution in [0.4, 0.5) is 0 Å². The molecule has 0 spiro atoms. The van der Waals surface area contributed by atoms with Gasteiger partial charge < -0.3 is 10.1 Å². The molecular formula is C19H31NO. The van der Waals surface area contributed by atoms with Crippen LogP contribution in [-0.4, -0.2) is 18.7 Å². The smallest absolute Gasteiger partial charge is 0.119 e. The Morgan fingerprint density at radius 3 is 2.38 bits per heavy atom. The van der Waals surface area contributed by atoms with Gasteiger partial charge in [-0.2, -0.15) is 0 Å². The molecule has 0 saturated heterocycles. The molecule has 118 valence electrons. The maximum Gasteiger partial charge on any atom is 0.119 e. The summed E-state index contributed by atoms with van der Waals surface area (Å²) in [6, 6.07) is 9.15. The highest BCUT2D eigenvalue weighted by Crippen LogP contribution is 2.29. The molecule has 3 atom stereocenters. The van der Waals surface area contributed by atoms with Crippen molar-refractivity contribution in [2.24, 2.45) is 5.92 Å². The topological polar surface area (TPSA) is 21.3 Å². The second-order valence-corrected chi connectivity index (χ2v) is 7.51. The van der Waals surface area contributed by atoms with Gasteiger partial charge in [0.2, 0.25) is 0 Å². The van der Waals surface area contributed by atoms with Crippen LogP contribution in [0.2, 0.25) is 0 Å². The summed E-state index contributed by atoms with van der Waals surface area (Å²) < 4.78 is 6.30. The summed E-state index contributed by atoms with van der Waals surface area (Å²) in [4.78, 5) is 0. The van der Waals surface area contributed by atoms with Crippen molar-refractivity contribution >= 4 is 0 Å². The van der Waals surface area contributed by atoms with Gasteiger partial charge in [-0.15, -0.1) is 0 Å². The van der Waals surface area contributed by atoms with Gasteiger partial charge >= 0.3 is 0 Å². The Hall–Kier alpha value is -1.02. The molecule has 0 amide bonds. The number of likely N-dealkylation sites (N-methyl/N-ethyl adjacent to an activating group) is 1. The fraction of sp³-hybridized carbons (Fsp3) is 0.684. The first-order valence-corrected chi connectivity index (χ1v) is 8.40. The lowest BCUT2D eigenvalue weighted by Crippen LogP contribution is -2.46. The first kappa shape index (κ1) is 16.4. The van der Waals surface area contributed by atoms with Gasteiger partial charge in [0.1, 0.15) is 11.9 Å². The Balaban J connectivity index is 2.04.